The number of nitrogens with one attached hydrogen (secondary N) is 2. The molecule has 25 heavy (non-hydrogen) atoms. The summed E-state index contributed by atoms with van der Waals surface area (Å²) in [6.45, 7) is 1.41. The van der Waals surface area contributed by atoms with E-state index in [2.05, 4.69) is 15.3 Å². The second-order valence-corrected chi connectivity index (χ2v) is 6.57. The van der Waals surface area contributed by atoms with Crippen LogP contribution in [0.1, 0.15) is 23.2 Å². The number of ether oxygens (including phenoxy) is 1. The van der Waals surface area contributed by atoms with Gasteiger partial charge in [-0.25, -0.2) is 0 Å². The number of halogens is 1. The van der Waals surface area contributed by atoms with Gasteiger partial charge in [-0.15, -0.1) is 0 Å². The summed E-state index contributed by atoms with van der Waals surface area (Å²) in [6.07, 6.45) is 5.22. The standard InChI is InChI=1S/C19H18ClN3O2/c20-16-11-22-17(15-5-8-21-18(15)16)12-1-3-13(4-2-12)19(24)23-14-6-9-25-10-7-14/h1-5,8,11,14,21H,6-7,9-10H2,(H,23,24). The van der Waals surface area contributed by atoms with Gasteiger partial charge in [0.25, 0.3) is 5.91 Å². The number of pyridine rings is 1. The molecule has 1 aliphatic rings. The molecule has 0 atom stereocenters. The number of rotatable bonds is 3. The zero-order valence-corrected chi connectivity index (χ0v) is 14.3. The van der Waals surface area contributed by atoms with Crippen LogP contribution in [-0.2, 0) is 4.74 Å². The number of benzene rings is 1. The Morgan fingerprint density at radius 3 is 2.72 bits per heavy atom. The van der Waals surface area contributed by atoms with Crippen LogP contribution in [0.5, 0.6) is 0 Å². The number of carbonyl (C=O) groups is 1. The first-order chi connectivity index (χ1) is 12.2. The number of aromatic amines is 1. The first-order valence-electron chi connectivity index (χ1n) is 8.33. The Kier molecular flexibility index (Phi) is 4.42. The third-order valence-corrected chi connectivity index (χ3v) is 4.81. The maximum absolute atomic E-state index is 12.4. The number of H-pyrrole nitrogens is 1. The van der Waals surface area contributed by atoms with Gasteiger partial charge in [0.1, 0.15) is 0 Å². The number of aromatic nitrogens is 2. The lowest BCUT2D eigenvalue weighted by molar-refractivity contribution is 0.0696. The molecule has 0 bridgehead atoms. The largest absolute Gasteiger partial charge is 0.381 e. The summed E-state index contributed by atoms with van der Waals surface area (Å²) < 4.78 is 5.32. The Balaban J connectivity index is 1.56. The fraction of sp³-hybridized carbons (Fsp3) is 0.263. The number of amides is 1. The van der Waals surface area contributed by atoms with E-state index in [0.717, 1.165) is 35.0 Å². The lowest BCUT2D eigenvalue weighted by Crippen LogP contribution is -2.38. The molecule has 5 nitrogen and oxygen atoms in total. The minimum Gasteiger partial charge on any atom is -0.381 e. The van der Waals surface area contributed by atoms with Crippen molar-refractivity contribution in [1.82, 2.24) is 15.3 Å². The second-order valence-electron chi connectivity index (χ2n) is 6.16. The van der Waals surface area contributed by atoms with E-state index in [4.69, 9.17) is 16.3 Å². The Morgan fingerprint density at radius 1 is 1.20 bits per heavy atom. The molecule has 1 aromatic carbocycles. The molecule has 2 aromatic heterocycles. The van der Waals surface area contributed by atoms with E-state index in [1.807, 2.05) is 36.5 Å². The van der Waals surface area contributed by atoms with Crippen LogP contribution >= 0.6 is 11.6 Å². The van der Waals surface area contributed by atoms with Gasteiger partial charge in [-0.3, -0.25) is 9.78 Å². The van der Waals surface area contributed by atoms with Gasteiger partial charge in [-0.1, -0.05) is 23.7 Å². The molecule has 6 heteroatoms. The highest BCUT2D eigenvalue weighted by atomic mass is 35.5. The number of hydrogen-bond donors (Lipinski definition) is 2. The van der Waals surface area contributed by atoms with Gasteiger partial charge >= 0.3 is 0 Å². The summed E-state index contributed by atoms with van der Waals surface area (Å²) in [5.74, 6) is -0.0469. The molecular weight excluding hydrogens is 338 g/mol. The highest BCUT2D eigenvalue weighted by molar-refractivity contribution is 6.35. The smallest absolute Gasteiger partial charge is 0.251 e. The van der Waals surface area contributed by atoms with Gasteiger partial charge < -0.3 is 15.0 Å². The van der Waals surface area contributed by atoms with Crippen LogP contribution in [0.4, 0.5) is 0 Å². The average molecular weight is 356 g/mol. The third kappa shape index (κ3) is 3.25. The molecule has 1 aliphatic heterocycles. The fourth-order valence-electron chi connectivity index (χ4n) is 3.14. The van der Waals surface area contributed by atoms with E-state index >= 15 is 0 Å². The van der Waals surface area contributed by atoms with E-state index in [1.165, 1.54) is 0 Å². The van der Waals surface area contributed by atoms with E-state index in [-0.39, 0.29) is 11.9 Å². The highest BCUT2D eigenvalue weighted by Crippen LogP contribution is 2.30. The van der Waals surface area contributed by atoms with Crippen molar-refractivity contribution in [2.24, 2.45) is 0 Å². The predicted octanol–water partition coefficient (Wildman–Crippen LogP) is 3.79. The number of carbonyl (C=O) groups excluding carboxylic acids is 1. The second kappa shape index (κ2) is 6.86. The van der Waals surface area contributed by atoms with Crippen molar-refractivity contribution in [2.45, 2.75) is 18.9 Å². The van der Waals surface area contributed by atoms with Crippen LogP contribution in [0, 0.1) is 0 Å². The highest BCUT2D eigenvalue weighted by Gasteiger charge is 2.17. The monoisotopic (exact) mass is 355 g/mol. The van der Waals surface area contributed by atoms with Crippen LogP contribution in [-0.4, -0.2) is 35.1 Å². The average Bonchev–Trinajstić information content (AvgIpc) is 3.14. The van der Waals surface area contributed by atoms with Crippen molar-refractivity contribution in [3.05, 3.63) is 53.3 Å². The van der Waals surface area contributed by atoms with E-state index in [9.17, 15) is 4.79 Å². The van der Waals surface area contributed by atoms with Crippen molar-refractivity contribution in [2.75, 3.05) is 13.2 Å². The zero-order chi connectivity index (χ0) is 17.2. The Morgan fingerprint density at radius 2 is 1.96 bits per heavy atom. The lowest BCUT2D eigenvalue weighted by atomic mass is 10.0. The molecule has 2 N–H and O–H groups in total. The number of nitrogens with zero attached hydrogens (tertiary/aromatic N) is 1. The molecule has 0 aliphatic carbocycles. The first kappa shape index (κ1) is 16.1. The summed E-state index contributed by atoms with van der Waals surface area (Å²) in [5.41, 5.74) is 3.31. The molecule has 0 saturated carbocycles. The molecule has 0 unspecified atom stereocenters. The summed E-state index contributed by atoms with van der Waals surface area (Å²) >= 11 is 6.16. The minimum atomic E-state index is -0.0469. The molecule has 128 valence electrons. The maximum atomic E-state index is 12.4. The molecule has 4 rings (SSSR count). The molecule has 1 amide bonds. The van der Waals surface area contributed by atoms with Crippen LogP contribution in [0.3, 0.4) is 0 Å². The van der Waals surface area contributed by atoms with Crippen molar-refractivity contribution < 1.29 is 9.53 Å². The van der Waals surface area contributed by atoms with Crippen LogP contribution in [0.25, 0.3) is 22.2 Å². The van der Waals surface area contributed by atoms with Crippen LogP contribution in [0.2, 0.25) is 5.02 Å². The van der Waals surface area contributed by atoms with Gasteiger partial charge in [0.2, 0.25) is 0 Å². The molecular formula is C19H18ClN3O2. The minimum absolute atomic E-state index is 0.0469. The topological polar surface area (TPSA) is 67.0 Å². The van der Waals surface area contributed by atoms with Gasteiger partial charge in [0.05, 0.1) is 16.2 Å². The van der Waals surface area contributed by atoms with Crippen molar-refractivity contribution in [3.63, 3.8) is 0 Å². The summed E-state index contributed by atoms with van der Waals surface area (Å²) in [7, 11) is 0. The normalized spacial score (nSPS) is 15.4. The van der Waals surface area contributed by atoms with Gasteiger partial charge in [-0.05, 0) is 31.0 Å². The van der Waals surface area contributed by atoms with Crippen molar-refractivity contribution in [3.8, 4) is 11.3 Å². The zero-order valence-electron chi connectivity index (χ0n) is 13.6. The molecule has 0 spiro atoms. The fourth-order valence-corrected chi connectivity index (χ4v) is 3.34. The van der Waals surface area contributed by atoms with E-state index in [0.29, 0.717) is 23.8 Å². The Bertz CT molecular complexity index is 899. The number of fused-ring (bicyclic) bond motifs is 1. The third-order valence-electron chi connectivity index (χ3n) is 4.52. The molecule has 1 saturated heterocycles. The number of hydrogen-bond acceptors (Lipinski definition) is 3. The summed E-state index contributed by atoms with van der Waals surface area (Å²) in [5, 5.41) is 4.63. The quantitative estimate of drug-likeness (QED) is 0.751. The first-order valence-corrected chi connectivity index (χ1v) is 8.71. The summed E-state index contributed by atoms with van der Waals surface area (Å²) in [6, 6.07) is 9.65. The Hall–Kier alpha value is -2.37. The van der Waals surface area contributed by atoms with Crippen molar-refractivity contribution in [1.29, 1.82) is 0 Å². The SMILES string of the molecule is O=C(NC1CCOCC1)c1ccc(-c2ncc(Cl)c3[nH]ccc23)cc1. The molecule has 3 aromatic rings. The lowest BCUT2D eigenvalue weighted by Gasteiger charge is -2.23. The summed E-state index contributed by atoms with van der Waals surface area (Å²) in [4.78, 5) is 20.0. The van der Waals surface area contributed by atoms with E-state index < -0.39 is 0 Å². The van der Waals surface area contributed by atoms with Crippen LogP contribution < -0.4 is 5.32 Å². The van der Waals surface area contributed by atoms with Gasteiger partial charge in [0.15, 0.2) is 0 Å². The predicted molar refractivity (Wildman–Crippen MR) is 97.8 cm³/mol. The molecule has 3 heterocycles. The van der Waals surface area contributed by atoms with Gasteiger partial charge in [0, 0.05) is 48.2 Å². The Labute approximate surface area is 150 Å². The van der Waals surface area contributed by atoms with E-state index in [1.54, 1.807) is 6.20 Å². The van der Waals surface area contributed by atoms with Crippen LogP contribution in [0.15, 0.2) is 42.7 Å². The molecule has 0 radical (unpaired) electrons. The van der Waals surface area contributed by atoms with Crippen molar-refractivity contribution >= 4 is 28.4 Å². The maximum Gasteiger partial charge on any atom is 0.251 e. The molecule has 1 fully saturated rings. The van der Waals surface area contributed by atoms with Gasteiger partial charge in [-0.2, -0.15) is 0 Å².